The van der Waals surface area contributed by atoms with E-state index < -0.39 is 0 Å². The predicted octanol–water partition coefficient (Wildman–Crippen LogP) is 5.19. The zero-order chi connectivity index (χ0) is 14.7. The van der Waals surface area contributed by atoms with Gasteiger partial charge in [-0.1, -0.05) is 54.1 Å². The molecule has 4 heteroatoms. The molecule has 0 aliphatic rings. The first-order chi connectivity index (χ1) is 10.3. The van der Waals surface area contributed by atoms with Crippen molar-refractivity contribution in [2.24, 2.45) is 0 Å². The van der Waals surface area contributed by atoms with Crippen LogP contribution >= 0.6 is 23.4 Å². The van der Waals surface area contributed by atoms with Crippen LogP contribution in [0.1, 0.15) is 0 Å². The van der Waals surface area contributed by atoms with Gasteiger partial charge in [-0.05, 0) is 24.5 Å². The summed E-state index contributed by atoms with van der Waals surface area (Å²) in [6, 6.07) is 19.7. The molecule has 0 aliphatic heterocycles. The van der Waals surface area contributed by atoms with E-state index >= 15 is 0 Å². The maximum Gasteiger partial charge on any atom is 0.161 e. The van der Waals surface area contributed by atoms with E-state index in [1.165, 1.54) is 0 Å². The lowest BCUT2D eigenvalue weighted by Gasteiger charge is -2.07. The Hall–Kier alpha value is -1.84. The fourth-order valence-corrected chi connectivity index (χ4v) is 2.55. The Morgan fingerprint density at radius 2 is 1.57 bits per heavy atom. The van der Waals surface area contributed by atoms with Crippen LogP contribution in [0.2, 0.25) is 5.02 Å². The second-order valence-corrected chi connectivity index (χ2v) is 5.76. The van der Waals surface area contributed by atoms with E-state index in [0.29, 0.717) is 0 Å². The summed E-state index contributed by atoms with van der Waals surface area (Å²) >= 11 is 7.56. The monoisotopic (exact) mass is 312 g/mol. The lowest BCUT2D eigenvalue weighted by Crippen LogP contribution is -1.94. The summed E-state index contributed by atoms with van der Waals surface area (Å²) in [5, 5.41) is 1.68. The molecular formula is C17H13ClN2S. The lowest BCUT2D eigenvalue weighted by molar-refractivity contribution is 1.07. The highest BCUT2D eigenvalue weighted by atomic mass is 35.5. The van der Waals surface area contributed by atoms with Gasteiger partial charge in [0, 0.05) is 16.1 Å². The molecule has 21 heavy (non-hydrogen) atoms. The van der Waals surface area contributed by atoms with Crippen LogP contribution in [0.5, 0.6) is 0 Å². The van der Waals surface area contributed by atoms with Gasteiger partial charge in [0.1, 0.15) is 5.03 Å². The minimum Gasteiger partial charge on any atom is -0.228 e. The van der Waals surface area contributed by atoms with Gasteiger partial charge in [0.05, 0.1) is 5.69 Å². The highest BCUT2D eigenvalue weighted by molar-refractivity contribution is 7.98. The molecule has 104 valence electrons. The molecule has 0 atom stereocenters. The molecule has 0 fully saturated rings. The number of halogens is 1. The number of rotatable bonds is 3. The van der Waals surface area contributed by atoms with E-state index in [2.05, 4.69) is 9.97 Å². The Labute approximate surface area is 133 Å². The average molecular weight is 313 g/mol. The standard InChI is InChI=1S/C17H13ClN2S/c1-21-16-11-15(12-7-9-14(18)10-8-12)19-17(20-16)13-5-3-2-4-6-13/h2-11H,1H3. The number of nitrogens with zero attached hydrogens (tertiary/aromatic N) is 2. The third-order valence-corrected chi connectivity index (χ3v) is 3.96. The van der Waals surface area contributed by atoms with Crippen molar-refractivity contribution in [3.63, 3.8) is 0 Å². The Balaban J connectivity index is 2.11. The maximum absolute atomic E-state index is 5.95. The fraction of sp³-hybridized carbons (Fsp3) is 0.0588. The van der Waals surface area contributed by atoms with Crippen molar-refractivity contribution in [3.05, 3.63) is 65.7 Å². The van der Waals surface area contributed by atoms with E-state index in [1.807, 2.05) is 66.9 Å². The third-order valence-electron chi connectivity index (χ3n) is 3.08. The van der Waals surface area contributed by atoms with E-state index in [4.69, 9.17) is 11.6 Å². The zero-order valence-corrected chi connectivity index (χ0v) is 13.0. The number of aromatic nitrogens is 2. The van der Waals surface area contributed by atoms with Crippen LogP contribution in [-0.4, -0.2) is 16.2 Å². The van der Waals surface area contributed by atoms with Crippen LogP contribution < -0.4 is 0 Å². The highest BCUT2D eigenvalue weighted by Crippen LogP contribution is 2.26. The largest absolute Gasteiger partial charge is 0.228 e. The van der Waals surface area contributed by atoms with Gasteiger partial charge in [0.25, 0.3) is 0 Å². The van der Waals surface area contributed by atoms with Crippen LogP contribution in [0.15, 0.2) is 65.7 Å². The van der Waals surface area contributed by atoms with Gasteiger partial charge in [-0.15, -0.1) is 11.8 Å². The first-order valence-electron chi connectivity index (χ1n) is 6.51. The van der Waals surface area contributed by atoms with E-state index in [-0.39, 0.29) is 0 Å². The smallest absolute Gasteiger partial charge is 0.161 e. The molecule has 3 aromatic rings. The summed E-state index contributed by atoms with van der Waals surface area (Å²) in [6.07, 6.45) is 2.02. The van der Waals surface area contributed by atoms with Gasteiger partial charge < -0.3 is 0 Å². The molecule has 0 saturated carbocycles. The molecular weight excluding hydrogens is 300 g/mol. The van der Waals surface area contributed by atoms with Gasteiger partial charge in [0.2, 0.25) is 0 Å². The zero-order valence-electron chi connectivity index (χ0n) is 11.5. The molecule has 0 bridgehead atoms. The third kappa shape index (κ3) is 3.26. The molecule has 0 aliphatic carbocycles. The van der Waals surface area contributed by atoms with Crippen molar-refractivity contribution in [3.8, 4) is 22.6 Å². The van der Waals surface area contributed by atoms with Crippen molar-refractivity contribution < 1.29 is 0 Å². The number of hydrogen-bond donors (Lipinski definition) is 0. The molecule has 3 rings (SSSR count). The summed E-state index contributed by atoms with van der Waals surface area (Å²) in [7, 11) is 0. The van der Waals surface area contributed by atoms with Crippen molar-refractivity contribution >= 4 is 23.4 Å². The number of benzene rings is 2. The fourth-order valence-electron chi connectivity index (χ4n) is 2.01. The minimum atomic E-state index is 0.723. The summed E-state index contributed by atoms with van der Waals surface area (Å²) in [4.78, 5) is 9.27. The molecule has 0 saturated heterocycles. The SMILES string of the molecule is CSc1cc(-c2ccc(Cl)cc2)nc(-c2ccccc2)n1. The van der Waals surface area contributed by atoms with Gasteiger partial charge in [0.15, 0.2) is 5.82 Å². The summed E-state index contributed by atoms with van der Waals surface area (Å²) in [6.45, 7) is 0. The normalized spacial score (nSPS) is 10.6. The summed E-state index contributed by atoms with van der Waals surface area (Å²) in [5.74, 6) is 0.743. The molecule has 2 aromatic carbocycles. The Bertz CT molecular complexity index is 742. The van der Waals surface area contributed by atoms with Gasteiger partial charge in [-0.2, -0.15) is 0 Å². The van der Waals surface area contributed by atoms with Crippen molar-refractivity contribution in [1.82, 2.24) is 9.97 Å². The molecule has 0 radical (unpaired) electrons. The molecule has 2 nitrogen and oxygen atoms in total. The first-order valence-corrected chi connectivity index (χ1v) is 8.11. The van der Waals surface area contributed by atoms with Gasteiger partial charge in [-0.25, -0.2) is 9.97 Å². The van der Waals surface area contributed by atoms with E-state index in [9.17, 15) is 0 Å². The number of hydrogen-bond acceptors (Lipinski definition) is 3. The van der Waals surface area contributed by atoms with Gasteiger partial charge >= 0.3 is 0 Å². The van der Waals surface area contributed by atoms with Crippen LogP contribution in [0.3, 0.4) is 0 Å². The van der Waals surface area contributed by atoms with E-state index in [1.54, 1.807) is 11.8 Å². The summed E-state index contributed by atoms with van der Waals surface area (Å²) in [5.41, 5.74) is 2.96. The second kappa shape index (κ2) is 6.29. The molecule has 0 spiro atoms. The molecule has 0 unspecified atom stereocenters. The van der Waals surface area contributed by atoms with Crippen molar-refractivity contribution in [1.29, 1.82) is 0 Å². The lowest BCUT2D eigenvalue weighted by atomic mass is 10.1. The van der Waals surface area contributed by atoms with E-state index in [0.717, 1.165) is 32.7 Å². The Kier molecular flexibility index (Phi) is 4.23. The van der Waals surface area contributed by atoms with Crippen molar-refractivity contribution in [2.45, 2.75) is 5.03 Å². The maximum atomic E-state index is 5.95. The number of thioether (sulfide) groups is 1. The van der Waals surface area contributed by atoms with Crippen LogP contribution in [0.4, 0.5) is 0 Å². The highest BCUT2D eigenvalue weighted by Gasteiger charge is 2.08. The molecule has 1 heterocycles. The minimum absolute atomic E-state index is 0.723. The second-order valence-electron chi connectivity index (χ2n) is 4.49. The van der Waals surface area contributed by atoms with Crippen LogP contribution in [0, 0.1) is 0 Å². The molecule has 0 N–H and O–H groups in total. The molecule has 1 aromatic heterocycles. The first kappa shape index (κ1) is 14.1. The van der Waals surface area contributed by atoms with Crippen molar-refractivity contribution in [2.75, 3.05) is 6.26 Å². The van der Waals surface area contributed by atoms with Crippen LogP contribution in [0.25, 0.3) is 22.6 Å². The quantitative estimate of drug-likeness (QED) is 0.492. The van der Waals surface area contributed by atoms with Gasteiger partial charge in [-0.3, -0.25) is 0 Å². The summed E-state index contributed by atoms with van der Waals surface area (Å²) < 4.78 is 0. The average Bonchev–Trinajstić information content (AvgIpc) is 2.56. The topological polar surface area (TPSA) is 25.8 Å². The Morgan fingerprint density at radius 3 is 2.24 bits per heavy atom. The predicted molar refractivity (Wildman–Crippen MR) is 89.7 cm³/mol. The Morgan fingerprint density at radius 1 is 0.857 bits per heavy atom. The van der Waals surface area contributed by atoms with Crippen LogP contribution in [-0.2, 0) is 0 Å². The molecule has 0 amide bonds.